The predicted octanol–water partition coefficient (Wildman–Crippen LogP) is 2.84. The van der Waals surface area contributed by atoms with Crippen molar-refractivity contribution in [3.63, 3.8) is 0 Å². The molecule has 0 heterocycles. The van der Waals surface area contributed by atoms with Crippen molar-refractivity contribution in [3.8, 4) is 0 Å². The molecule has 0 saturated carbocycles. The van der Waals surface area contributed by atoms with Crippen LogP contribution >= 0.6 is 27.5 Å². The summed E-state index contributed by atoms with van der Waals surface area (Å²) in [5, 5.41) is 4.01. The maximum atomic E-state index is 5.91. The predicted molar refractivity (Wildman–Crippen MR) is 62.7 cm³/mol. The smallest absolute Gasteiger partial charge is 0.0587 e. The van der Waals surface area contributed by atoms with Crippen molar-refractivity contribution < 1.29 is 4.74 Å². The Kier molecular flexibility index (Phi) is 5.48. The number of hydrogen-bond donors (Lipinski definition) is 1. The Balaban J connectivity index is 2.42. The Morgan fingerprint density at radius 1 is 1.43 bits per heavy atom. The SMILES string of the molecule is COCCNCc1cc(Cl)cc(Br)c1. The maximum Gasteiger partial charge on any atom is 0.0587 e. The molecule has 1 N–H and O–H groups in total. The second kappa shape index (κ2) is 6.40. The lowest BCUT2D eigenvalue weighted by Gasteiger charge is -2.05. The van der Waals surface area contributed by atoms with Crippen molar-refractivity contribution in [3.05, 3.63) is 33.3 Å². The van der Waals surface area contributed by atoms with Crippen molar-refractivity contribution in [2.45, 2.75) is 6.54 Å². The summed E-state index contributed by atoms with van der Waals surface area (Å²) in [6.07, 6.45) is 0. The van der Waals surface area contributed by atoms with Crippen LogP contribution in [-0.4, -0.2) is 20.3 Å². The van der Waals surface area contributed by atoms with Gasteiger partial charge in [-0.05, 0) is 23.8 Å². The molecule has 0 fully saturated rings. The van der Waals surface area contributed by atoms with Crippen LogP contribution < -0.4 is 5.32 Å². The van der Waals surface area contributed by atoms with E-state index < -0.39 is 0 Å². The van der Waals surface area contributed by atoms with Gasteiger partial charge in [0.2, 0.25) is 0 Å². The lowest BCUT2D eigenvalue weighted by Crippen LogP contribution is -2.18. The molecule has 0 saturated heterocycles. The van der Waals surface area contributed by atoms with Crippen LogP contribution in [0.2, 0.25) is 5.02 Å². The van der Waals surface area contributed by atoms with E-state index in [0.717, 1.165) is 29.2 Å². The van der Waals surface area contributed by atoms with Crippen molar-refractivity contribution >= 4 is 27.5 Å². The topological polar surface area (TPSA) is 21.3 Å². The molecule has 0 bridgehead atoms. The third kappa shape index (κ3) is 4.42. The average molecular weight is 279 g/mol. The minimum absolute atomic E-state index is 0.724. The first-order valence-electron chi connectivity index (χ1n) is 4.37. The zero-order valence-corrected chi connectivity index (χ0v) is 10.4. The molecule has 78 valence electrons. The molecular formula is C10H13BrClNO. The number of rotatable bonds is 5. The third-order valence-electron chi connectivity index (χ3n) is 1.73. The molecule has 1 aromatic rings. The fourth-order valence-corrected chi connectivity index (χ4v) is 2.05. The minimum atomic E-state index is 0.724. The van der Waals surface area contributed by atoms with Gasteiger partial charge in [-0.3, -0.25) is 0 Å². The molecule has 0 aliphatic rings. The standard InChI is InChI=1S/C10H13BrClNO/c1-14-3-2-13-7-8-4-9(11)6-10(12)5-8/h4-6,13H,2-3,7H2,1H3. The number of halogens is 2. The second-order valence-electron chi connectivity index (χ2n) is 2.95. The fourth-order valence-electron chi connectivity index (χ4n) is 1.12. The van der Waals surface area contributed by atoms with E-state index in [-0.39, 0.29) is 0 Å². The van der Waals surface area contributed by atoms with Crippen LogP contribution in [-0.2, 0) is 11.3 Å². The Morgan fingerprint density at radius 3 is 2.86 bits per heavy atom. The summed E-state index contributed by atoms with van der Waals surface area (Å²) >= 11 is 9.31. The Bertz CT molecular complexity index is 273. The number of methoxy groups -OCH3 is 1. The zero-order chi connectivity index (χ0) is 10.4. The molecule has 4 heteroatoms. The molecule has 2 nitrogen and oxygen atoms in total. The van der Waals surface area contributed by atoms with Crippen LogP contribution in [0.1, 0.15) is 5.56 Å². The van der Waals surface area contributed by atoms with Gasteiger partial charge in [-0.25, -0.2) is 0 Å². The highest BCUT2D eigenvalue weighted by molar-refractivity contribution is 9.10. The molecule has 14 heavy (non-hydrogen) atoms. The highest BCUT2D eigenvalue weighted by Gasteiger charge is 1.97. The van der Waals surface area contributed by atoms with Gasteiger partial charge in [0.25, 0.3) is 0 Å². The lowest BCUT2D eigenvalue weighted by atomic mass is 10.2. The van der Waals surface area contributed by atoms with Crippen LogP contribution in [0.15, 0.2) is 22.7 Å². The molecular weight excluding hydrogens is 265 g/mol. The van der Waals surface area contributed by atoms with Crippen molar-refractivity contribution in [2.75, 3.05) is 20.3 Å². The first-order valence-corrected chi connectivity index (χ1v) is 5.54. The van der Waals surface area contributed by atoms with Crippen LogP contribution in [0.25, 0.3) is 0 Å². The second-order valence-corrected chi connectivity index (χ2v) is 4.30. The van der Waals surface area contributed by atoms with E-state index in [1.165, 1.54) is 5.56 Å². The monoisotopic (exact) mass is 277 g/mol. The molecule has 0 aromatic heterocycles. The molecule has 0 atom stereocenters. The van der Waals surface area contributed by atoms with Gasteiger partial charge in [0, 0.05) is 29.7 Å². The van der Waals surface area contributed by atoms with Crippen LogP contribution in [0, 0.1) is 0 Å². The summed E-state index contributed by atoms with van der Waals surface area (Å²) in [6, 6.07) is 5.87. The van der Waals surface area contributed by atoms with E-state index in [0.29, 0.717) is 0 Å². The first kappa shape index (κ1) is 12.0. The van der Waals surface area contributed by atoms with Gasteiger partial charge in [-0.15, -0.1) is 0 Å². The molecule has 1 aromatic carbocycles. The largest absolute Gasteiger partial charge is 0.383 e. The van der Waals surface area contributed by atoms with E-state index in [1.54, 1.807) is 7.11 Å². The Labute approximate surface area is 97.7 Å². The van der Waals surface area contributed by atoms with E-state index in [1.807, 2.05) is 18.2 Å². The highest BCUT2D eigenvalue weighted by Crippen LogP contribution is 2.19. The van der Waals surface area contributed by atoms with E-state index >= 15 is 0 Å². The molecule has 0 spiro atoms. The van der Waals surface area contributed by atoms with Crippen molar-refractivity contribution in [1.82, 2.24) is 5.32 Å². The number of hydrogen-bond acceptors (Lipinski definition) is 2. The molecule has 1 rings (SSSR count). The first-order chi connectivity index (χ1) is 6.72. The highest BCUT2D eigenvalue weighted by atomic mass is 79.9. The molecule has 0 radical (unpaired) electrons. The van der Waals surface area contributed by atoms with Gasteiger partial charge in [-0.2, -0.15) is 0 Å². The van der Waals surface area contributed by atoms with Crippen LogP contribution in [0.4, 0.5) is 0 Å². The van der Waals surface area contributed by atoms with Crippen LogP contribution in [0.3, 0.4) is 0 Å². The number of ether oxygens (including phenoxy) is 1. The summed E-state index contributed by atoms with van der Waals surface area (Å²) < 4.78 is 5.94. The van der Waals surface area contributed by atoms with E-state index in [2.05, 4.69) is 21.2 Å². The quantitative estimate of drug-likeness (QED) is 0.836. The van der Waals surface area contributed by atoms with Gasteiger partial charge >= 0.3 is 0 Å². The number of nitrogens with one attached hydrogen (secondary N) is 1. The van der Waals surface area contributed by atoms with Gasteiger partial charge in [0.05, 0.1) is 6.61 Å². The van der Waals surface area contributed by atoms with Gasteiger partial charge in [0.1, 0.15) is 0 Å². The zero-order valence-electron chi connectivity index (χ0n) is 8.02. The Hall–Kier alpha value is -0.0900. The Morgan fingerprint density at radius 2 is 2.21 bits per heavy atom. The molecule has 0 unspecified atom stereocenters. The molecule has 0 aliphatic carbocycles. The minimum Gasteiger partial charge on any atom is -0.383 e. The van der Waals surface area contributed by atoms with Crippen molar-refractivity contribution in [1.29, 1.82) is 0 Å². The van der Waals surface area contributed by atoms with Gasteiger partial charge in [0.15, 0.2) is 0 Å². The summed E-state index contributed by atoms with van der Waals surface area (Å²) in [5.41, 5.74) is 1.17. The lowest BCUT2D eigenvalue weighted by molar-refractivity contribution is 0.199. The third-order valence-corrected chi connectivity index (χ3v) is 2.41. The summed E-state index contributed by atoms with van der Waals surface area (Å²) in [4.78, 5) is 0. The average Bonchev–Trinajstić information content (AvgIpc) is 2.11. The van der Waals surface area contributed by atoms with E-state index in [4.69, 9.17) is 16.3 Å². The summed E-state index contributed by atoms with van der Waals surface area (Å²) in [6.45, 7) is 2.38. The van der Waals surface area contributed by atoms with Crippen molar-refractivity contribution in [2.24, 2.45) is 0 Å². The van der Waals surface area contributed by atoms with Crippen LogP contribution in [0.5, 0.6) is 0 Å². The molecule has 0 aliphatic heterocycles. The molecule has 0 amide bonds. The van der Waals surface area contributed by atoms with Gasteiger partial charge in [-0.1, -0.05) is 27.5 Å². The fraction of sp³-hybridized carbons (Fsp3) is 0.400. The summed E-state index contributed by atoms with van der Waals surface area (Å²) in [5.74, 6) is 0. The van der Waals surface area contributed by atoms with E-state index in [9.17, 15) is 0 Å². The normalized spacial score (nSPS) is 10.5. The number of benzene rings is 1. The summed E-state index contributed by atoms with van der Waals surface area (Å²) in [7, 11) is 1.69. The maximum absolute atomic E-state index is 5.91. The van der Waals surface area contributed by atoms with Gasteiger partial charge < -0.3 is 10.1 Å².